The van der Waals surface area contributed by atoms with Crippen LogP contribution in [0.4, 0.5) is 0 Å². The number of benzene rings is 1. The lowest BCUT2D eigenvalue weighted by Crippen LogP contribution is -2.05. The molecule has 0 aliphatic rings. The molecule has 0 saturated carbocycles. The van der Waals surface area contributed by atoms with Crippen molar-refractivity contribution in [2.75, 3.05) is 0 Å². The first kappa shape index (κ1) is 8.89. The van der Waals surface area contributed by atoms with Crippen molar-refractivity contribution in [1.82, 2.24) is 0 Å². The van der Waals surface area contributed by atoms with Crippen LogP contribution >= 0.6 is 23.2 Å². The summed E-state index contributed by atoms with van der Waals surface area (Å²) in [5, 5.41) is 0. The SMILES string of the molecule is Cc1ccccc1C(C)(Cl)Cl. The molecule has 0 radical (unpaired) electrons. The Morgan fingerprint density at radius 2 is 1.73 bits per heavy atom. The van der Waals surface area contributed by atoms with Crippen LogP contribution in [0, 0.1) is 6.92 Å². The highest BCUT2D eigenvalue weighted by Gasteiger charge is 2.20. The molecular formula is C9H10Cl2. The monoisotopic (exact) mass is 188 g/mol. The maximum atomic E-state index is 5.93. The van der Waals surface area contributed by atoms with E-state index in [2.05, 4.69) is 0 Å². The molecule has 0 unspecified atom stereocenters. The fourth-order valence-corrected chi connectivity index (χ4v) is 1.49. The molecular weight excluding hydrogens is 179 g/mol. The minimum Gasteiger partial charge on any atom is -0.0966 e. The number of alkyl halides is 2. The number of rotatable bonds is 1. The average Bonchev–Trinajstić information content (AvgIpc) is 1.86. The molecule has 2 heteroatoms. The van der Waals surface area contributed by atoms with Crippen molar-refractivity contribution in [1.29, 1.82) is 0 Å². The van der Waals surface area contributed by atoms with Gasteiger partial charge in [0.15, 0.2) is 0 Å². The number of hydrogen-bond acceptors (Lipinski definition) is 0. The molecule has 0 atom stereocenters. The summed E-state index contributed by atoms with van der Waals surface area (Å²) in [5.41, 5.74) is 2.10. The normalized spacial score (nSPS) is 11.6. The third-order valence-electron chi connectivity index (χ3n) is 1.62. The first-order chi connectivity index (χ1) is 5.02. The zero-order chi connectivity index (χ0) is 8.48. The van der Waals surface area contributed by atoms with Crippen LogP contribution in [0.5, 0.6) is 0 Å². The van der Waals surface area contributed by atoms with E-state index in [1.165, 1.54) is 0 Å². The predicted octanol–water partition coefficient (Wildman–Crippen LogP) is 3.65. The molecule has 0 aliphatic carbocycles. The molecule has 0 amide bonds. The van der Waals surface area contributed by atoms with E-state index in [-0.39, 0.29) is 0 Å². The van der Waals surface area contributed by atoms with Gasteiger partial charge in [-0.3, -0.25) is 0 Å². The van der Waals surface area contributed by atoms with E-state index in [0.717, 1.165) is 11.1 Å². The summed E-state index contributed by atoms with van der Waals surface area (Å²) in [6.07, 6.45) is 0. The van der Waals surface area contributed by atoms with E-state index in [1.807, 2.05) is 31.2 Å². The second kappa shape index (κ2) is 3.04. The van der Waals surface area contributed by atoms with Crippen LogP contribution in [0.1, 0.15) is 18.1 Å². The Kier molecular flexibility index (Phi) is 2.46. The van der Waals surface area contributed by atoms with Gasteiger partial charge in [-0.1, -0.05) is 47.5 Å². The van der Waals surface area contributed by atoms with Gasteiger partial charge >= 0.3 is 0 Å². The number of halogens is 2. The van der Waals surface area contributed by atoms with Crippen LogP contribution < -0.4 is 0 Å². The summed E-state index contributed by atoms with van der Waals surface area (Å²) in [4.78, 5) is 0. The van der Waals surface area contributed by atoms with E-state index in [0.29, 0.717) is 0 Å². The minimum absolute atomic E-state index is 0.772. The van der Waals surface area contributed by atoms with Gasteiger partial charge in [0.2, 0.25) is 0 Å². The van der Waals surface area contributed by atoms with Gasteiger partial charge in [-0.05, 0) is 25.0 Å². The van der Waals surface area contributed by atoms with Crippen LogP contribution in [0.2, 0.25) is 0 Å². The quantitative estimate of drug-likeness (QED) is 0.591. The molecule has 0 aromatic heterocycles. The van der Waals surface area contributed by atoms with E-state index >= 15 is 0 Å². The van der Waals surface area contributed by atoms with Gasteiger partial charge in [-0.25, -0.2) is 0 Å². The highest BCUT2D eigenvalue weighted by Crippen LogP contribution is 2.34. The van der Waals surface area contributed by atoms with Gasteiger partial charge in [0.25, 0.3) is 0 Å². The van der Waals surface area contributed by atoms with E-state index < -0.39 is 4.33 Å². The first-order valence-electron chi connectivity index (χ1n) is 3.46. The van der Waals surface area contributed by atoms with Crippen LogP contribution in [-0.2, 0) is 4.33 Å². The lowest BCUT2D eigenvalue weighted by atomic mass is 10.1. The number of aryl methyl sites for hydroxylation is 1. The van der Waals surface area contributed by atoms with Crippen molar-refractivity contribution in [3.05, 3.63) is 35.4 Å². The van der Waals surface area contributed by atoms with Crippen molar-refractivity contribution in [2.45, 2.75) is 18.2 Å². The summed E-state index contributed by atoms with van der Waals surface area (Å²) in [5.74, 6) is 0. The zero-order valence-electron chi connectivity index (χ0n) is 6.57. The Morgan fingerprint density at radius 3 is 2.09 bits per heavy atom. The Hall–Kier alpha value is -0.200. The highest BCUT2D eigenvalue weighted by atomic mass is 35.5. The first-order valence-corrected chi connectivity index (χ1v) is 4.21. The van der Waals surface area contributed by atoms with Gasteiger partial charge in [-0.15, -0.1) is 0 Å². The average molecular weight is 189 g/mol. The number of hydrogen-bond donors (Lipinski definition) is 0. The lowest BCUT2D eigenvalue weighted by molar-refractivity contribution is 0.960. The molecule has 1 rings (SSSR count). The molecule has 0 spiro atoms. The summed E-state index contributed by atoms with van der Waals surface area (Å²) < 4.78 is -0.772. The van der Waals surface area contributed by atoms with Gasteiger partial charge in [0.1, 0.15) is 4.33 Å². The molecule has 0 aliphatic heterocycles. The second-order valence-electron chi connectivity index (χ2n) is 2.70. The zero-order valence-corrected chi connectivity index (χ0v) is 8.08. The van der Waals surface area contributed by atoms with E-state index in [1.54, 1.807) is 6.92 Å². The molecule has 0 N–H and O–H groups in total. The largest absolute Gasteiger partial charge is 0.140 e. The molecule has 0 saturated heterocycles. The van der Waals surface area contributed by atoms with Gasteiger partial charge < -0.3 is 0 Å². The third-order valence-corrected chi connectivity index (χ3v) is 2.03. The smallest absolute Gasteiger partial charge is 0.0966 e. The second-order valence-corrected chi connectivity index (χ2v) is 4.41. The summed E-state index contributed by atoms with van der Waals surface area (Å²) in [6, 6.07) is 7.84. The third kappa shape index (κ3) is 2.11. The van der Waals surface area contributed by atoms with Crippen LogP contribution in [0.25, 0.3) is 0 Å². The molecule has 0 fully saturated rings. The summed E-state index contributed by atoms with van der Waals surface area (Å²) in [6.45, 7) is 3.77. The fraction of sp³-hybridized carbons (Fsp3) is 0.333. The van der Waals surface area contributed by atoms with Gasteiger partial charge in [0, 0.05) is 0 Å². The van der Waals surface area contributed by atoms with Crippen molar-refractivity contribution in [3.8, 4) is 0 Å². The molecule has 11 heavy (non-hydrogen) atoms. The van der Waals surface area contributed by atoms with Crippen molar-refractivity contribution < 1.29 is 0 Å². The van der Waals surface area contributed by atoms with Crippen molar-refractivity contribution in [2.24, 2.45) is 0 Å². The Bertz CT molecular complexity index is 248. The Labute approximate surface area is 77.1 Å². The fourth-order valence-electron chi connectivity index (χ4n) is 1.07. The molecule has 0 heterocycles. The van der Waals surface area contributed by atoms with Crippen LogP contribution in [-0.4, -0.2) is 0 Å². The van der Waals surface area contributed by atoms with Crippen LogP contribution in [0.15, 0.2) is 24.3 Å². The minimum atomic E-state index is -0.772. The summed E-state index contributed by atoms with van der Waals surface area (Å²) >= 11 is 11.9. The summed E-state index contributed by atoms with van der Waals surface area (Å²) in [7, 11) is 0. The molecule has 1 aromatic carbocycles. The topological polar surface area (TPSA) is 0 Å². The van der Waals surface area contributed by atoms with Crippen molar-refractivity contribution in [3.63, 3.8) is 0 Å². The van der Waals surface area contributed by atoms with Crippen LogP contribution in [0.3, 0.4) is 0 Å². The Morgan fingerprint density at radius 1 is 1.18 bits per heavy atom. The maximum absolute atomic E-state index is 5.93. The van der Waals surface area contributed by atoms with Gasteiger partial charge in [-0.2, -0.15) is 0 Å². The standard InChI is InChI=1S/C9H10Cl2/c1-7-5-3-4-6-8(7)9(2,10)11/h3-6H,1-2H3. The molecule has 1 aromatic rings. The molecule has 0 bridgehead atoms. The predicted molar refractivity (Wildman–Crippen MR) is 50.2 cm³/mol. The van der Waals surface area contributed by atoms with E-state index in [4.69, 9.17) is 23.2 Å². The lowest BCUT2D eigenvalue weighted by Gasteiger charge is -2.15. The van der Waals surface area contributed by atoms with Gasteiger partial charge in [0.05, 0.1) is 0 Å². The van der Waals surface area contributed by atoms with Crippen molar-refractivity contribution >= 4 is 23.2 Å². The highest BCUT2D eigenvalue weighted by molar-refractivity contribution is 6.47. The maximum Gasteiger partial charge on any atom is 0.140 e. The van der Waals surface area contributed by atoms with E-state index in [9.17, 15) is 0 Å². The molecule has 60 valence electrons. The molecule has 0 nitrogen and oxygen atoms in total. The Balaban J connectivity index is 3.14.